The molecule has 0 atom stereocenters. The number of aryl methyl sites for hydroxylation is 1. The van der Waals surface area contributed by atoms with Crippen LogP contribution in [0.1, 0.15) is 42.2 Å². The van der Waals surface area contributed by atoms with E-state index in [0.717, 1.165) is 35.3 Å². The lowest BCUT2D eigenvalue weighted by Crippen LogP contribution is -2.19. The van der Waals surface area contributed by atoms with Crippen molar-refractivity contribution < 1.29 is 9.21 Å². The largest absolute Gasteiger partial charge is 0.419 e. The molecule has 1 saturated carbocycles. The second-order valence-electron chi connectivity index (χ2n) is 6.89. The number of nitrogens with one attached hydrogen (secondary N) is 1. The van der Waals surface area contributed by atoms with E-state index in [9.17, 15) is 4.79 Å². The summed E-state index contributed by atoms with van der Waals surface area (Å²) in [5, 5.41) is 11.3. The van der Waals surface area contributed by atoms with Gasteiger partial charge in [0, 0.05) is 17.8 Å². The van der Waals surface area contributed by atoms with Crippen LogP contribution >= 0.6 is 0 Å². The summed E-state index contributed by atoms with van der Waals surface area (Å²) in [5.74, 6) is 1.48. The molecule has 1 aliphatic rings. The Morgan fingerprint density at radius 1 is 1.23 bits per heavy atom. The molecule has 26 heavy (non-hydrogen) atoms. The average molecular weight is 350 g/mol. The molecule has 0 bridgehead atoms. The maximum absolute atomic E-state index is 12.5. The van der Waals surface area contributed by atoms with Gasteiger partial charge in [0.05, 0.1) is 0 Å². The van der Waals surface area contributed by atoms with Crippen molar-refractivity contribution in [2.75, 3.05) is 5.32 Å². The fourth-order valence-corrected chi connectivity index (χ4v) is 3.14. The van der Waals surface area contributed by atoms with Crippen molar-refractivity contribution in [2.24, 2.45) is 0 Å². The molecule has 134 valence electrons. The van der Waals surface area contributed by atoms with E-state index in [4.69, 9.17) is 4.42 Å². The molecule has 1 amide bonds. The number of carbonyl (C=O) groups excluding carboxylic acids is 1. The first-order valence-electron chi connectivity index (χ1n) is 8.97. The first-order chi connectivity index (χ1) is 12.6. The molecule has 1 N–H and O–H groups in total. The van der Waals surface area contributed by atoms with Crippen LogP contribution in [0.25, 0.3) is 11.6 Å². The maximum Gasteiger partial charge on any atom is 0.264 e. The van der Waals surface area contributed by atoms with Gasteiger partial charge in [0.1, 0.15) is 12.2 Å². The van der Waals surface area contributed by atoms with Gasteiger partial charge in [-0.1, -0.05) is 18.6 Å². The van der Waals surface area contributed by atoms with E-state index < -0.39 is 0 Å². The van der Waals surface area contributed by atoms with Gasteiger partial charge < -0.3 is 14.3 Å². The molecule has 0 aliphatic heterocycles. The maximum atomic E-state index is 12.5. The second-order valence-corrected chi connectivity index (χ2v) is 6.89. The van der Waals surface area contributed by atoms with Crippen LogP contribution in [0.3, 0.4) is 0 Å². The first-order valence-corrected chi connectivity index (χ1v) is 8.97. The molecule has 4 rings (SSSR count). The number of anilines is 1. The van der Waals surface area contributed by atoms with E-state index in [1.54, 1.807) is 0 Å². The van der Waals surface area contributed by atoms with Crippen molar-refractivity contribution in [3.8, 4) is 11.6 Å². The molecule has 1 aliphatic carbocycles. The first kappa shape index (κ1) is 16.6. The van der Waals surface area contributed by atoms with Gasteiger partial charge in [-0.2, -0.15) is 0 Å². The normalized spacial score (nSPS) is 14.2. The van der Waals surface area contributed by atoms with Gasteiger partial charge in [-0.05, 0) is 56.0 Å². The summed E-state index contributed by atoms with van der Waals surface area (Å²) >= 11 is 0. The predicted octanol–water partition coefficient (Wildman–Crippen LogP) is 4.06. The third-order valence-corrected chi connectivity index (χ3v) is 5.14. The van der Waals surface area contributed by atoms with Crippen LogP contribution in [0.2, 0.25) is 0 Å². The third-order valence-electron chi connectivity index (χ3n) is 5.14. The number of benzene rings is 1. The summed E-state index contributed by atoms with van der Waals surface area (Å²) in [4.78, 5) is 12.5. The SMILES string of the molecule is Cc1cccc(NC(=O)Cn2cccc2-c2nnc(C3CCC3)o2)c1C. The number of carbonyl (C=O) groups is 1. The molecule has 2 aromatic heterocycles. The molecular formula is C20H22N4O2. The van der Waals surface area contributed by atoms with Crippen molar-refractivity contribution in [1.29, 1.82) is 0 Å². The van der Waals surface area contributed by atoms with E-state index in [1.807, 2.05) is 54.9 Å². The molecule has 6 heteroatoms. The Labute approximate surface area is 152 Å². The summed E-state index contributed by atoms with van der Waals surface area (Å²) in [5.41, 5.74) is 3.84. The standard InChI is InChI=1S/C20H22N4O2/c1-13-6-3-9-16(14(13)2)21-18(25)12-24-11-5-10-17(24)20-23-22-19(26-20)15-7-4-8-15/h3,5-6,9-11,15H,4,7-8,12H2,1-2H3,(H,21,25). The minimum Gasteiger partial charge on any atom is -0.419 e. The lowest BCUT2D eigenvalue weighted by Gasteiger charge is -2.20. The lowest BCUT2D eigenvalue weighted by molar-refractivity contribution is -0.116. The molecular weight excluding hydrogens is 328 g/mol. The quantitative estimate of drug-likeness (QED) is 0.753. The number of nitrogens with zero attached hydrogens (tertiary/aromatic N) is 3. The topological polar surface area (TPSA) is 73.0 Å². The number of hydrogen-bond acceptors (Lipinski definition) is 4. The molecule has 1 aromatic carbocycles. The average Bonchev–Trinajstić information content (AvgIpc) is 3.19. The lowest BCUT2D eigenvalue weighted by atomic mass is 9.85. The van der Waals surface area contributed by atoms with E-state index >= 15 is 0 Å². The van der Waals surface area contributed by atoms with Gasteiger partial charge in [0.2, 0.25) is 11.8 Å². The van der Waals surface area contributed by atoms with Gasteiger partial charge >= 0.3 is 0 Å². The molecule has 0 unspecified atom stereocenters. The molecule has 1 fully saturated rings. The molecule has 0 spiro atoms. The summed E-state index contributed by atoms with van der Waals surface area (Å²) < 4.78 is 7.66. The zero-order chi connectivity index (χ0) is 18.1. The van der Waals surface area contributed by atoms with Crippen LogP contribution in [0.15, 0.2) is 40.9 Å². The van der Waals surface area contributed by atoms with Gasteiger partial charge in [-0.15, -0.1) is 10.2 Å². The molecule has 2 heterocycles. The number of aromatic nitrogens is 3. The minimum atomic E-state index is -0.0881. The van der Waals surface area contributed by atoms with Crippen LogP contribution in [0.5, 0.6) is 0 Å². The monoisotopic (exact) mass is 350 g/mol. The van der Waals surface area contributed by atoms with Gasteiger partial charge in [0.25, 0.3) is 5.89 Å². The Kier molecular flexibility index (Phi) is 4.32. The van der Waals surface area contributed by atoms with E-state index in [1.165, 1.54) is 6.42 Å². The van der Waals surface area contributed by atoms with E-state index in [0.29, 0.717) is 17.7 Å². The van der Waals surface area contributed by atoms with E-state index in [2.05, 4.69) is 15.5 Å². The van der Waals surface area contributed by atoms with Gasteiger partial charge in [0.15, 0.2) is 0 Å². The fraction of sp³-hybridized carbons (Fsp3) is 0.350. The van der Waals surface area contributed by atoms with Crippen LogP contribution in [-0.4, -0.2) is 20.7 Å². The van der Waals surface area contributed by atoms with Crippen molar-refractivity contribution in [3.63, 3.8) is 0 Å². The van der Waals surface area contributed by atoms with Crippen LogP contribution in [-0.2, 0) is 11.3 Å². The Morgan fingerprint density at radius 2 is 2.08 bits per heavy atom. The summed E-state index contributed by atoms with van der Waals surface area (Å²) in [6, 6.07) is 9.67. The summed E-state index contributed by atoms with van der Waals surface area (Å²) in [6.07, 6.45) is 5.30. The molecule has 0 radical (unpaired) electrons. The van der Waals surface area contributed by atoms with E-state index in [-0.39, 0.29) is 12.5 Å². The summed E-state index contributed by atoms with van der Waals surface area (Å²) in [7, 11) is 0. The molecule has 3 aromatic rings. The van der Waals surface area contributed by atoms with Crippen molar-refractivity contribution in [3.05, 3.63) is 53.5 Å². The Morgan fingerprint density at radius 3 is 2.85 bits per heavy atom. The minimum absolute atomic E-state index is 0.0881. The zero-order valence-electron chi connectivity index (χ0n) is 15.0. The summed E-state index contributed by atoms with van der Waals surface area (Å²) in [6.45, 7) is 4.23. The number of rotatable bonds is 5. The molecule has 0 saturated heterocycles. The Balaban J connectivity index is 1.49. The Hall–Kier alpha value is -2.89. The Bertz CT molecular complexity index is 937. The van der Waals surface area contributed by atoms with Crippen molar-refractivity contribution in [1.82, 2.24) is 14.8 Å². The van der Waals surface area contributed by atoms with Gasteiger partial charge in [-0.25, -0.2) is 0 Å². The zero-order valence-corrected chi connectivity index (χ0v) is 15.0. The van der Waals surface area contributed by atoms with Crippen LogP contribution in [0, 0.1) is 13.8 Å². The molecule has 6 nitrogen and oxygen atoms in total. The highest BCUT2D eigenvalue weighted by Crippen LogP contribution is 2.36. The second kappa shape index (κ2) is 6.78. The van der Waals surface area contributed by atoms with Gasteiger partial charge in [-0.3, -0.25) is 4.79 Å². The van der Waals surface area contributed by atoms with Crippen LogP contribution < -0.4 is 5.32 Å². The van der Waals surface area contributed by atoms with Crippen molar-refractivity contribution in [2.45, 2.75) is 45.6 Å². The van der Waals surface area contributed by atoms with Crippen molar-refractivity contribution >= 4 is 11.6 Å². The number of hydrogen-bond donors (Lipinski definition) is 1. The highest BCUT2D eigenvalue weighted by Gasteiger charge is 2.26. The fourth-order valence-electron chi connectivity index (χ4n) is 3.14. The highest BCUT2D eigenvalue weighted by molar-refractivity contribution is 5.91. The smallest absolute Gasteiger partial charge is 0.264 e. The third kappa shape index (κ3) is 3.14. The van der Waals surface area contributed by atoms with Crippen LogP contribution in [0.4, 0.5) is 5.69 Å². The predicted molar refractivity (Wildman–Crippen MR) is 98.9 cm³/mol. The highest BCUT2D eigenvalue weighted by atomic mass is 16.4. The number of amides is 1.